The Morgan fingerprint density at radius 2 is 2.11 bits per heavy atom. The smallest absolute Gasteiger partial charge is 0.250 e. The minimum absolute atomic E-state index is 0. The highest BCUT2D eigenvalue weighted by atomic mass is 127. The molecule has 0 spiro atoms. The molecule has 2 heterocycles. The number of likely N-dealkylation sites (tertiary alicyclic amines) is 1. The van der Waals surface area contributed by atoms with Crippen molar-refractivity contribution in [1.82, 2.24) is 20.1 Å². The fraction of sp³-hybridized carbons (Fsp3) is 0.632. The first-order chi connectivity index (χ1) is 12.6. The summed E-state index contributed by atoms with van der Waals surface area (Å²) in [7, 11) is 0. The van der Waals surface area contributed by atoms with Crippen molar-refractivity contribution < 1.29 is 4.79 Å². The van der Waals surface area contributed by atoms with Crippen LogP contribution in [-0.4, -0.2) is 53.6 Å². The van der Waals surface area contributed by atoms with Crippen LogP contribution in [0, 0.1) is 0 Å². The molecule has 1 aliphatic rings. The van der Waals surface area contributed by atoms with E-state index >= 15 is 0 Å². The molecule has 1 fully saturated rings. The fourth-order valence-electron chi connectivity index (χ4n) is 3.07. The Bertz CT molecular complexity index is 662. The third-order valence-electron chi connectivity index (χ3n) is 4.50. The predicted molar refractivity (Wildman–Crippen MR) is 120 cm³/mol. The summed E-state index contributed by atoms with van der Waals surface area (Å²) < 4.78 is 1.73. The highest BCUT2D eigenvalue weighted by Crippen LogP contribution is 2.10. The molecule has 27 heavy (non-hydrogen) atoms. The third kappa shape index (κ3) is 7.90. The average Bonchev–Trinajstić information content (AvgIpc) is 3.11. The summed E-state index contributed by atoms with van der Waals surface area (Å²) in [5.74, 6) is 1.02. The van der Waals surface area contributed by atoms with Gasteiger partial charge in [-0.05, 0) is 32.3 Å². The number of amides is 1. The van der Waals surface area contributed by atoms with E-state index in [1.54, 1.807) is 16.7 Å². The Morgan fingerprint density at radius 1 is 1.30 bits per heavy atom. The van der Waals surface area contributed by atoms with Gasteiger partial charge in [0.15, 0.2) is 5.96 Å². The molecule has 0 aromatic carbocycles. The van der Waals surface area contributed by atoms with Crippen molar-refractivity contribution >= 4 is 35.8 Å². The van der Waals surface area contributed by atoms with Crippen LogP contribution in [-0.2, 0) is 11.3 Å². The number of guanidine groups is 1. The Labute approximate surface area is 178 Å². The van der Waals surface area contributed by atoms with Crippen molar-refractivity contribution in [2.45, 2.75) is 52.1 Å². The second-order valence-electron chi connectivity index (χ2n) is 6.52. The lowest BCUT2D eigenvalue weighted by Crippen LogP contribution is -2.45. The van der Waals surface area contributed by atoms with Crippen molar-refractivity contribution in [3.63, 3.8) is 0 Å². The number of unbranched alkanes of at least 4 members (excludes halogenated alkanes) is 1. The zero-order chi connectivity index (χ0) is 18.8. The number of carbonyl (C=O) groups is 1. The standard InChI is InChI=1S/C19H31N5O2.HI/c1-3-17(25)24-14-10-16(15-24)22-19(20-4-2)21-11-6-8-13-23-12-7-5-9-18(23)26;/h5,7,9,12,16H,3-4,6,8,10-11,13-15H2,1-2H3,(H2,20,21,22);1H. The SMILES string of the molecule is CCNC(=NCCCCn1ccccc1=O)NC1CCN(C(=O)CC)C1.I. The molecule has 1 aromatic rings. The molecule has 1 amide bonds. The number of aliphatic imine (C=N–C) groups is 1. The van der Waals surface area contributed by atoms with E-state index in [2.05, 4.69) is 15.6 Å². The number of hydrogen-bond donors (Lipinski definition) is 2. The van der Waals surface area contributed by atoms with Gasteiger partial charge in [-0.15, -0.1) is 24.0 Å². The molecule has 0 radical (unpaired) electrons. The van der Waals surface area contributed by atoms with Gasteiger partial charge in [-0.25, -0.2) is 0 Å². The van der Waals surface area contributed by atoms with E-state index in [1.165, 1.54) is 0 Å². The van der Waals surface area contributed by atoms with E-state index in [-0.39, 0.29) is 41.5 Å². The minimum Gasteiger partial charge on any atom is -0.357 e. The molecule has 152 valence electrons. The predicted octanol–water partition coefficient (Wildman–Crippen LogP) is 1.81. The molecule has 1 aliphatic heterocycles. The second kappa shape index (κ2) is 12.7. The molecule has 1 unspecified atom stereocenters. The minimum atomic E-state index is 0. The van der Waals surface area contributed by atoms with Crippen LogP contribution < -0.4 is 16.2 Å². The van der Waals surface area contributed by atoms with Crippen LogP contribution >= 0.6 is 24.0 Å². The summed E-state index contributed by atoms with van der Waals surface area (Å²) >= 11 is 0. The van der Waals surface area contributed by atoms with Crippen LogP contribution in [0.15, 0.2) is 34.2 Å². The molecule has 1 aromatic heterocycles. The van der Waals surface area contributed by atoms with Crippen LogP contribution in [0.2, 0.25) is 0 Å². The molecule has 1 saturated heterocycles. The second-order valence-corrected chi connectivity index (χ2v) is 6.52. The number of aromatic nitrogens is 1. The molecule has 8 heteroatoms. The van der Waals surface area contributed by atoms with Gasteiger partial charge < -0.3 is 20.1 Å². The normalized spacial score (nSPS) is 16.7. The quantitative estimate of drug-likeness (QED) is 0.253. The monoisotopic (exact) mass is 489 g/mol. The van der Waals surface area contributed by atoms with E-state index in [0.717, 1.165) is 51.4 Å². The Kier molecular flexibility index (Phi) is 11.1. The molecule has 7 nitrogen and oxygen atoms in total. The summed E-state index contributed by atoms with van der Waals surface area (Å²) in [4.78, 5) is 30.0. The number of pyridine rings is 1. The van der Waals surface area contributed by atoms with Gasteiger partial charge in [0, 0.05) is 57.4 Å². The van der Waals surface area contributed by atoms with Crippen molar-refractivity contribution in [3.05, 3.63) is 34.7 Å². The number of halogens is 1. The van der Waals surface area contributed by atoms with Crippen LogP contribution in [0.4, 0.5) is 0 Å². The Balaban J connectivity index is 0.00000364. The number of nitrogens with one attached hydrogen (secondary N) is 2. The molecule has 0 bridgehead atoms. The first-order valence-corrected chi connectivity index (χ1v) is 9.62. The molecule has 0 aliphatic carbocycles. The zero-order valence-corrected chi connectivity index (χ0v) is 18.6. The maximum atomic E-state index is 11.8. The summed E-state index contributed by atoms with van der Waals surface area (Å²) in [6, 6.07) is 5.47. The highest BCUT2D eigenvalue weighted by Gasteiger charge is 2.25. The van der Waals surface area contributed by atoms with Gasteiger partial charge in [-0.3, -0.25) is 14.6 Å². The molecular weight excluding hydrogens is 457 g/mol. The van der Waals surface area contributed by atoms with Crippen molar-refractivity contribution in [2.75, 3.05) is 26.2 Å². The Hall–Kier alpha value is -1.58. The number of aryl methyl sites for hydroxylation is 1. The summed E-state index contributed by atoms with van der Waals surface area (Å²) in [5.41, 5.74) is 0.0402. The number of nitrogens with zero attached hydrogens (tertiary/aromatic N) is 3. The first-order valence-electron chi connectivity index (χ1n) is 9.62. The van der Waals surface area contributed by atoms with Gasteiger partial charge in [-0.2, -0.15) is 0 Å². The van der Waals surface area contributed by atoms with E-state index in [1.807, 2.05) is 31.0 Å². The third-order valence-corrected chi connectivity index (χ3v) is 4.50. The van der Waals surface area contributed by atoms with Crippen molar-refractivity contribution in [3.8, 4) is 0 Å². The number of hydrogen-bond acceptors (Lipinski definition) is 3. The highest BCUT2D eigenvalue weighted by molar-refractivity contribution is 14.0. The van der Waals surface area contributed by atoms with E-state index < -0.39 is 0 Å². The van der Waals surface area contributed by atoms with Gasteiger partial charge in [0.1, 0.15) is 0 Å². The maximum Gasteiger partial charge on any atom is 0.250 e. The fourth-order valence-corrected chi connectivity index (χ4v) is 3.07. The molecule has 2 rings (SSSR count). The molecular formula is C19H32IN5O2. The Morgan fingerprint density at radius 3 is 2.81 bits per heavy atom. The average molecular weight is 489 g/mol. The summed E-state index contributed by atoms with van der Waals surface area (Å²) in [5, 5.41) is 6.70. The first kappa shape index (κ1) is 23.5. The molecule has 2 N–H and O–H groups in total. The summed E-state index contributed by atoms with van der Waals surface area (Å²) in [6.07, 6.45) is 5.16. The lowest BCUT2D eigenvalue weighted by atomic mass is 10.3. The maximum absolute atomic E-state index is 11.8. The van der Waals surface area contributed by atoms with Gasteiger partial charge in [0.25, 0.3) is 0 Å². The van der Waals surface area contributed by atoms with E-state index in [4.69, 9.17) is 0 Å². The number of carbonyl (C=O) groups excluding carboxylic acids is 1. The summed E-state index contributed by atoms with van der Waals surface area (Å²) in [6.45, 7) is 7.73. The van der Waals surface area contributed by atoms with Gasteiger partial charge in [0.2, 0.25) is 11.5 Å². The van der Waals surface area contributed by atoms with Gasteiger partial charge in [0.05, 0.1) is 0 Å². The van der Waals surface area contributed by atoms with E-state index in [9.17, 15) is 9.59 Å². The topological polar surface area (TPSA) is 78.7 Å². The van der Waals surface area contributed by atoms with Crippen LogP contribution in [0.1, 0.15) is 39.5 Å². The lowest BCUT2D eigenvalue weighted by molar-refractivity contribution is -0.129. The van der Waals surface area contributed by atoms with Crippen molar-refractivity contribution in [1.29, 1.82) is 0 Å². The van der Waals surface area contributed by atoms with Gasteiger partial charge >= 0.3 is 0 Å². The van der Waals surface area contributed by atoms with Crippen LogP contribution in [0.25, 0.3) is 0 Å². The lowest BCUT2D eigenvalue weighted by Gasteiger charge is -2.18. The van der Waals surface area contributed by atoms with Crippen LogP contribution in [0.5, 0.6) is 0 Å². The van der Waals surface area contributed by atoms with Crippen LogP contribution in [0.3, 0.4) is 0 Å². The number of rotatable bonds is 8. The van der Waals surface area contributed by atoms with Crippen molar-refractivity contribution in [2.24, 2.45) is 4.99 Å². The zero-order valence-electron chi connectivity index (χ0n) is 16.3. The molecule has 1 atom stereocenters. The van der Waals surface area contributed by atoms with E-state index in [0.29, 0.717) is 13.0 Å². The largest absolute Gasteiger partial charge is 0.357 e. The van der Waals surface area contributed by atoms with Gasteiger partial charge in [-0.1, -0.05) is 13.0 Å². The molecule has 0 saturated carbocycles.